The van der Waals surface area contributed by atoms with Crippen LogP contribution in [-0.4, -0.2) is 29.9 Å². The van der Waals surface area contributed by atoms with Gasteiger partial charge in [0.1, 0.15) is 5.88 Å². The van der Waals surface area contributed by atoms with Crippen LogP contribution in [0.3, 0.4) is 0 Å². The number of ether oxygens (including phenoxy) is 1. The molecule has 0 saturated heterocycles. The topological polar surface area (TPSA) is 61.8 Å². The standard InChI is InChI=1S/C11H22ClO5P/c1-6-11(15-10(13)7-12)18(14,16-8(2)3)17-9(4)5/h8-9,11H,6-7H2,1-5H3/t11-/m0/s1. The lowest BCUT2D eigenvalue weighted by molar-refractivity contribution is -0.143. The van der Waals surface area contributed by atoms with E-state index in [1.165, 1.54) is 0 Å². The van der Waals surface area contributed by atoms with Crippen molar-refractivity contribution in [2.75, 3.05) is 5.88 Å². The summed E-state index contributed by atoms with van der Waals surface area (Å²) >= 11 is 5.37. The summed E-state index contributed by atoms with van der Waals surface area (Å²) in [4.78, 5) is 11.2. The molecule has 18 heavy (non-hydrogen) atoms. The van der Waals surface area contributed by atoms with Crippen LogP contribution in [0.25, 0.3) is 0 Å². The van der Waals surface area contributed by atoms with E-state index >= 15 is 0 Å². The second-order valence-corrected chi connectivity index (χ2v) is 6.68. The normalized spacial score (nSPS) is 14.0. The minimum absolute atomic E-state index is 0.292. The van der Waals surface area contributed by atoms with Crippen LogP contribution in [0.1, 0.15) is 41.0 Å². The van der Waals surface area contributed by atoms with Crippen molar-refractivity contribution < 1.29 is 23.1 Å². The van der Waals surface area contributed by atoms with Crippen molar-refractivity contribution in [2.24, 2.45) is 0 Å². The lowest BCUT2D eigenvalue weighted by atomic mass is 10.5. The molecule has 0 bridgehead atoms. The Morgan fingerprint density at radius 2 is 1.61 bits per heavy atom. The van der Waals surface area contributed by atoms with Crippen molar-refractivity contribution in [1.29, 1.82) is 0 Å². The summed E-state index contributed by atoms with van der Waals surface area (Å²) in [7, 11) is -3.51. The Hall–Kier alpha value is -0.0900. The molecule has 0 aliphatic carbocycles. The van der Waals surface area contributed by atoms with Crippen molar-refractivity contribution in [3.05, 3.63) is 0 Å². The van der Waals surface area contributed by atoms with Gasteiger partial charge in [-0.15, -0.1) is 11.6 Å². The van der Waals surface area contributed by atoms with Gasteiger partial charge in [0.2, 0.25) is 5.85 Å². The molecule has 0 saturated carbocycles. The quantitative estimate of drug-likeness (QED) is 0.390. The van der Waals surface area contributed by atoms with Gasteiger partial charge in [-0.3, -0.25) is 9.36 Å². The Morgan fingerprint density at radius 1 is 1.17 bits per heavy atom. The molecular formula is C11H22ClO5P. The van der Waals surface area contributed by atoms with Gasteiger partial charge in [-0.05, 0) is 34.1 Å². The number of alkyl halides is 1. The fraction of sp³-hybridized carbons (Fsp3) is 0.909. The highest BCUT2D eigenvalue weighted by molar-refractivity contribution is 7.54. The van der Waals surface area contributed by atoms with Crippen LogP contribution in [-0.2, 0) is 23.1 Å². The fourth-order valence-electron chi connectivity index (χ4n) is 1.30. The average Bonchev–Trinajstić information content (AvgIpc) is 2.22. The van der Waals surface area contributed by atoms with Gasteiger partial charge >= 0.3 is 13.6 Å². The van der Waals surface area contributed by atoms with Crippen LogP contribution in [0, 0.1) is 0 Å². The average molecular weight is 301 g/mol. The molecule has 0 unspecified atom stereocenters. The molecule has 0 aliphatic heterocycles. The zero-order valence-corrected chi connectivity index (χ0v) is 13.2. The third kappa shape index (κ3) is 6.19. The summed E-state index contributed by atoms with van der Waals surface area (Å²) in [6.07, 6.45) is -0.254. The minimum atomic E-state index is -3.51. The van der Waals surface area contributed by atoms with Gasteiger partial charge in [-0.25, -0.2) is 0 Å². The van der Waals surface area contributed by atoms with E-state index in [1.54, 1.807) is 34.6 Å². The van der Waals surface area contributed by atoms with Gasteiger partial charge in [0, 0.05) is 0 Å². The summed E-state index contributed by atoms with van der Waals surface area (Å²) in [6.45, 7) is 8.71. The molecule has 1 atom stereocenters. The van der Waals surface area contributed by atoms with Crippen molar-refractivity contribution in [3.8, 4) is 0 Å². The van der Waals surface area contributed by atoms with Crippen molar-refractivity contribution in [1.82, 2.24) is 0 Å². The predicted octanol–water partition coefficient (Wildman–Crippen LogP) is 3.55. The maximum Gasteiger partial charge on any atom is 0.371 e. The van der Waals surface area contributed by atoms with Crippen LogP contribution in [0.15, 0.2) is 0 Å². The SMILES string of the molecule is CC[C@@H](OC(=O)CCl)P(=O)(OC(C)C)OC(C)C. The maximum atomic E-state index is 12.7. The molecule has 5 nitrogen and oxygen atoms in total. The monoisotopic (exact) mass is 300 g/mol. The van der Waals surface area contributed by atoms with Gasteiger partial charge in [0.05, 0.1) is 12.2 Å². The first-order valence-corrected chi connectivity index (χ1v) is 8.11. The van der Waals surface area contributed by atoms with Crippen LogP contribution in [0.5, 0.6) is 0 Å². The van der Waals surface area contributed by atoms with E-state index in [2.05, 4.69) is 0 Å². The molecule has 0 aromatic rings. The Morgan fingerprint density at radius 3 is 1.89 bits per heavy atom. The number of carbonyl (C=O) groups is 1. The van der Waals surface area contributed by atoms with Crippen molar-refractivity contribution in [3.63, 3.8) is 0 Å². The largest absolute Gasteiger partial charge is 0.448 e. The Labute approximate surface area is 114 Å². The van der Waals surface area contributed by atoms with Crippen LogP contribution < -0.4 is 0 Å². The van der Waals surface area contributed by atoms with E-state index in [0.717, 1.165) is 0 Å². The van der Waals surface area contributed by atoms with E-state index in [9.17, 15) is 9.36 Å². The van der Waals surface area contributed by atoms with E-state index in [0.29, 0.717) is 6.42 Å². The third-order valence-corrected chi connectivity index (χ3v) is 4.62. The van der Waals surface area contributed by atoms with Crippen LogP contribution >= 0.6 is 19.2 Å². The first kappa shape index (κ1) is 17.9. The molecule has 7 heteroatoms. The molecule has 0 N–H and O–H groups in total. The molecule has 0 amide bonds. The van der Waals surface area contributed by atoms with E-state index < -0.39 is 19.4 Å². The van der Waals surface area contributed by atoms with E-state index in [1.807, 2.05) is 0 Å². The number of esters is 1. The van der Waals surface area contributed by atoms with Gasteiger partial charge in [-0.2, -0.15) is 0 Å². The summed E-state index contributed by atoms with van der Waals surface area (Å²) in [5.74, 6) is -1.85. The lowest BCUT2D eigenvalue weighted by Crippen LogP contribution is -2.23. The molecule has 108 valence electrons. The molecule has 0 radical (unpaired) electrons. The summed E-state index contributed by atoms with van der Waals surface area (Å²) in [6, 6.07) is 0. The number of hydrogen-bond acceptors (Lipinski definition) is 5. The van der Waals surface area contributed by atoms with Crippen molar-refractivity contribution >= 4 is 25.2 Å². The summed E-state index contributed by atoms with van der Waals surface area (Å²) in [5.41, 5.74) is 0. The number of carbonyl (C=O) groups excluding carboxylic acids is 1. The first-order valence-electron chi connectivity index (χ1n) is 5.97. The summed E-state index contributed by atoms with van der Waals surface area (Å²) < 4.78 is 28.4. The molecular weight excluding hydrogens is 279 g/mol. The van der Waals surface area contributed by atoms with Gasteiger partial charge in [0.25, 0.3) is 0 Å². The van der Waals surface area contributed by atoms with E-state index in [4.69, 9.17) is 25.4 Å². The smallest absolute Gasteiger partial charge is 0.371 e. The van der Waals surface area contributed by atoms with Gasteiger partial charge in [-0.1, -0.05) is 6.92 Å². The molecule has 0 fully saturated rings. The molecule has 0 aromatic heterocycles. The van der Waals surface area contributed by atoms with Crippen LogP contribution in [0.2, 0.25) is 0 Å². The second kappa shape index (κ2) is 8.16. The van der Waals surface area contributed by atoms with Crippen LogP contribution in [0.4, 0.5) is 0 Å². The number of halogens is 1. The maximum absolute atomic E-state index is 12.7. The molecule has 0 heterocycles. The lowest BCUT2D eigenvalue weighted by Gasteiger charge is -2.28. The Bertz CT molecular complexity index is 292. The fourth-order valence-corrected chi connectivity index (χ4v) is 3.56. The zero-order valence-electron chi connectivity index (χ0n) is 11.5. The highest BCUT2D eigenvalue weighted by Crippen LogP contribution is 2.56. The molecule has 0 spiro atoms. The third-order valence-electron chi connectivity index (χ3n) is 1.79. The van der Waals surface area contributed by atoms with E-state index in [-0.39, 0.29) is 18.1 Å². The van der Waals surface area contributed by atoms with Gasteiger partial charge in [0.15, 0.2) is 0 Å². The first-order chi connectivity index (χ1) is 8.25. The highest BCUT2D eigenvalue weighted by Gasteiger charge is 2.39. The van der Waals surface area contributed by atoms with Gasteiger partial charge < -0.3 is 13.8 Å². The zero-order chi connectivity index (χ0) is 14.3. The molecule has 0 aliphatic rings. The molecule has 0 aromatic carbocycles. The Balaban J connectivity index is 4.99. The molecule has 0 rings (SSSR count). The number of hydrogen-bond donors (Lipinski definition) is 0. The highest BCUT2D eigenvalue weighted by atomic mass is 35.5. The number of rotatable bonds is 8. The second-order valence-electron chi connectivity index (χ2n) is 4.33. The van der Waals surface area contributed by atoms with Crippen molar-refractivity contribution in [2.45, 2.75) is 59.1 Å². The minimum Gasteiger partial charge on any atom is -0.448 e. The predicted molar refractivity (Wildman–Crippen MR) is 70.9 cm³/mol. The summed E-state index contributed by atoms with van der Waals surface area (Å²) in [5, 5.41) is 0. The Kier molecular flexibility index (Phi) is 8.11.